The molecule has 88 valence electrons. The van der Waals surface area contributed by atoms with Crippen molar-refractivity contribution in [3.05, 3.63) is 12.2 Å². The molecule has 0 saturated carbocycles. The maximum atomic E-state index is 11.8. The van der Waals surface area contributed by atoms with Crippen LogP contribution in [0.2, 0.25) is 0 Å². The average Bonchev–Trinajstić information content (AvgIpc) is 2.88. The van der Waals surface area contributed by atoms with Gasteiger partial charge in [0.2, 0.25) is 0 Å². The molecule has 2 heterocycles. The second kappa shape index (κ2) is 5.21. The van der Waals surface area contributed by atoms with E-state index in [-0.39, 0.29) is 5.78 Å². The first-order chi connectivity index (χ1) is 7.79. The molecule has 1 aliphatic rings. The lowest BCUT2D eigenvalue weighted by Crippen LogP contribution is -2.16. The molecule has 2 rings (SSSR count). The Kier molecular flexibility index (Phi) is 3.66. The van der Waals surface area contributed by atoms with Crippen molar-refractivity contribution in [3.8, 4) is 0 Å². The Bertz CT molecular complexity index is 355. The number of Topliss-reactive ketones (excluding diaryl/α,β-unsaturated/α-hetero) is 1. The lowest BCUT2D eigenvalue weighted by Gasteiger charge is -2.07. The highest BCUT2D eigenvalue weighted by Crippen LogP contribution is 2.13. The number of ketones is 1. The summed E-state index contributed by atoms with van der Waals surface area (Å²) in [6, 6.07) is 0. The molecule has 1 aromatic rings. The second-order valence-corrected chi connectivity index (χ2v) is 4.27. The maximum absolute atomic E-state index is 11.8. The summed E-state index contributed by atoms with van der Waals surface area (Å²) < 4.78 is 1.78. The number of hydrogen-bond acceptors (Lipinski definition) is 4. The lowest BCUT2D eigenvalue weighted by atomic mass is 10.0. The molecule has 0 amide bonds. The summed E-state index contributed by atoms with van der Waals surface area (Å²) in [4.78, 5) is 15.9. The second-order valence-electron chi connectivity index (χ2n) is 4.27. The van der Waals surface area contributed by atoms with Crippen molar-refractivity contribution in [3.63, 3.8) is 0 Å². The first-order valence-corrected chi connectivity index (χ1v) is 5.88. The van der Waals surface area contributed by atoms with Crippen molar-refractivity contribution >= 4 is 5.78 Å². The van der Waals surface area contributed by atoms with Gasteiger partial charge in [0, 0.05) is 13.0 Å². The van der Waals surface area contributed by atoms with E-state index in [1.54, 1.807) is 4.68 Å². The Morgan fingerprint density at radius 1 is 1.69 bits per heavy atom. The molecule has 16 heavy (non-hydrogen) atoms. The molecule has 0 bridgehead atoms. The van der Waals surface area contributed by atoms with Gasteiger partial charge >= 0.3 is 0 Å². The number of aryl methyl sites for hydroxylation is 1. The Labute approximate surface area is 95.2 Å². The van der Waals surface area contributed by atoms with Gasteiger partial charge in [-0.1, -0.05) is 0 Å². The summed E-state index contributed by atoms with van der Waals surface area (Å²) in [6.07, 6.45) is 3.73. The molecule has 0 aliphatic carbocycles. The third-order valence-electron chi connectivity index (χ3n) is 3.03. The van der Waals surface area contributed by atoms with Crippen LogP contribution in [0, 0.1) is 5.92 Å². The van der Waals surface area contributed by atoms with Gasteiger partial charge in [-0.2, -0.15) is 5.10 Å². The number of nitrogens with zero attached hydrogens (tertiary/aromatic N) is 3. The molecule has 1 aromatic heterocycles. The highest BCUT2D eigenvalue weighted by atomic mass is 16.1. The highest BCUT2D eigenvalue weighted by molar-refractivity contribution is 5.80. The summed E-state index contributed by atoms with van der Waals surface area (Å²) >= 11 is 0. The van der Waals surface area contributed by atoms with Crippen LogP contribution in [0.4, 0.5) is 0 Å². The zero-order valence-electron chi connectivity index (χ0n) is 9.65. The number of rotatable bonds is 5. The van der Waals surface area contributed by atoms with Crippen LogP contribution in [0.15, 0.2) is 6.33 Å². The third-order valence-corrected chi connectivity index (χ3v) is 3.03. The van der Waals surface area contributed by atoms with E-state index >= 15 is 0 Å². The molecule has 5 heteroatoms. The largest absolute Gasteiger partial charge is 0.316 e. The van der Waals surface area contributed by atoms with Gasteiger partial charge in [-0.25, -0.2) is 9.67 Å². The van der Waals surface area contributed by atoms with Gasteiger partial charge in [0.1, 0.15) is 17.9 Å². The zero-order chi connectivity index (χ0) is 11.4. The van der Waals surface area contributed by atoms with Gasteiger partial charge in [-0.15, -0.1) is 0 Å². The minimum atomic E-state index is 0.274. The van der Waals surface area contributed by atoms with Gasteiger partial charge in [-0.05, 0) is 32.4 Å². The molecule has 1 unspecified atom stereocenters. The fourth-order valence-electron chi connectivity index (χ4n) is 2.15. The van der Waals surface area contributed by atoms with Crippen molar-refractivity contribution in [2.45, 2.75) is 32.7 Å². The van der Waals surface area contributed by atoms with Gasteiger partial charge < -0.3 is 5.32 Å². The van der Waals surface area contributed by atoms with E-state index in [4.69, 9.17) is 0 Å². The van der Waals surface area contributed by atoms with Crippen molar-refractivity contribution in [2.75, 3.05) is 13.1 Å². The average molecular weight is 222 g/mol. The van der Waals surface area contributed by atoms with Crippen LogP contribution >= 0.6 is 0 Å². The summed E-state index contributed by atoms with van der Waals surface area (Å²) in [7, 11) is 0. The van der Waals surface area contributed by atoms with E-state index in [2.05, 4.69) is 15.4 Å². The van der Waals surface area contributed by atoms with E-state index in [1.165, 1.54) is 6.33 Å². The molecule has 0 spiro atoms. The van der Waals surface area contributed by atoms with Crippen molar-refractivity contribution in [2.24, 2.45) is 5.92 Å². The third kappa shape index (κ3) is 2.66. The quantitative estimate of drug-likeness (QED) is 0.784. The Balaban J connectivity index is 1.86. The molecule has 0 radical (unpaired) electrons. The lowest BCUT2D eigenvalue weighted by molar-refractivity contribution is -0.119. The summed E-state index contributed by atoms with van der Waals surface area (Å²) in [5, 5.41) is 7.33. The van der Waals surface area contributed by atoms with Crippen molar-refractivity contribution in [1.29, 1.82) is 0 Å². The molecule has 1 saturated heterocycles. The number of nitrogens with one attached hydrogen (secondary N) is 1. The fraction of sp³-hybridized carbons (Fsp3) is 0.727. The first-order valence-electron chi connectivity index (χ1n) is 5.88. The molecule has 1 N–H and O–H groups in total. The normalized spacial score (nSPS) is 20.2. The van der Waals surface area contributed by atoms with E-state index in [1.807, 2.05) is 6.92 Å². The molecule has 5 nitrogen and oxygen atoms in total. The smallest absolute Gasteiger partial charge is 0.140 e. The summed E-state index contributed by atoms with van der Waals surface area (Å²) in [6.45, 7) is 4.80. The van der Waals surface area contributed by atoms with Crippen LogP contribution in [0.25, 0.3) is 0 Å². The van der Waals surface area contributed by atoms with Crippen LogP contribution in [0.5, 0.6) is 0 Å². The van der Waals surface area contributed by atoms with Crippen LogP contribution < -0.4 is 5.32 Å². The molecular formula is C11H18N4O. The standard InChI is InChI=1S/C11H18N4O/c1-2-15-11(13-8-14-15)6-10(16)5-9-3-4-12-7-9/h8-9,12H,2-7H2,1H3. The van der Waals surface area contributed by atoms with Gasteiger partial charge in [-0.3, -0.25) is 4.79 Å². The zero-order valence-corrected chi connectivity index (χ0v) is 9.65. The van der Waals surface area contributed by atoms with Gasteiger partial charge in [0.05, 0.1) is 6.42 Å². The number of carbonyl (C=O) groups excluding carboxylic acids is 1. The van der Waals surface area contributed by atoms with Crippen LogP contribution in [-0.4, -0.2) is 33.6 Å². The van der Waals surface area contributed by atoms with E-state index in [0.717, 1.165) is 31.9 Å². The van der Waals surface area contributed by atoms with Crippen LogP contribution in [0.3, 0.4) is 0 Å². The summed E-state index contributed by atoms with van der Waals surface area (Å²) in [5.74, 6) is 1.58. The minimum absolute atomic E-state index is 0.274. The van der Waals surface area contributed by atoms with Crippen molar-refractivity contribution < 1.29 is 4.79 Å². The van der Waals surface area contributed by atoms with Gasteiger partial charge in [0.15, 0.2) is 0 Å². The monoisotopic (exact) mass is 222 g/mol. The molecule has 1 aliphatic heterocycles. The van der Waals surface area contributed by atoms with E-state index < -0.39 is 0 Å². The van der Waals surface area contributed by atoms with Gasteiger partial charge in [0.25, 0.3) is 0 Å². The SMILES string of the molecule is CCn1ncnc1CC(=O)CC1CCNC1. The Morgan fingerprint density at radius 3 is 3.25 bits per heavy atom. The number of hydrogen-bond donors (Lipinski definition) is 1. The fourth-order valence-corrected chi connectivity index (χ4v) is 2.15. The Morgan fingerprint density at radius 2 is 2.56 bits per heavy atom. The van der Waals surface area contributed by atoms with Crippen molar-refractivity contribution in [1.82, 2.24) is 20.1 Å². The Hall–Kier alpha value is -1.23. The minimum Gasteiger partial charge on any atom is -0.316 e. The summed E-state index contributed by atoms with van der Waals surface area (Å²) in [5.41, 5.74) is 0. The molecule has 0 aromatic carbocycles. The van der Waals surface area contributed by atoms with E-state index in [0.29, 0.717) is 18.8 Å². The topological polar surface area (TPSA) is 59.8 Å². The number of aromatic nitrogens is 3. The van der Waals surface area contributed by atoms with E-state index in [9.17, 15) is 4.79 Å². The highest BCUT2D eigenvalue weighted by Gasteiger charge is 2.19. The maximum Gasteiger partial charge on any atom is 0.140 e. The molecule has 1 fully saturated rings. The van der Waals surface area contributed by atoms with Crippen LogP contribution in [-0.2, 0) is 17.8 Å². The number of carbonyl (C=O) groups is 1. The molecular weight excluding hydrogens is 204 g/mol. The van der Waals surface area contributed by atoms with Crippen LogP contribution in [0.1, 0.15) is 25.6 Å². The molecule has 1 atom stereocenters. The predicted octanol–water partition coefficient (Wildman–Crippen LogP) is 0.409. The predicted molar refractivity (Wildman–Crippen MR) is 60.0 cm³/mol. The first kappa shape index (κ1) is 11.3.